The molecule has 0 atom stereocenters. The van der Waals surface area contributed by atoms with E-state index in [0.717, 1.165) is 25.1 Å². The van der Waals surface area contributed by atoms with Gasteiger partial charge < -0.3 is 15.5 Å². The predicted molar refractivity (Wildman–Crippen MR) is 94.5 cm³/mol. The summed E-state index contributed by atoms with van der Waals surface area (Å²) in [6, 6.07) is 7.87. The SMILES string of the molecule is CN(C)CCCNC(=O)c1cc(Nc2ccc(C(F)(F)F)cc2)ccn1. The molecule has 0 aliphatic carbocycles. The highest BCUT2D eigenvalue weighted by Gasteiger charge is 2.29. The van der Waals surface area contributed by atoms with Crippen molar-refractivity contribution in [3.8, 4) is 0 Å². The Kier molecular flexibility index (Phi) is 6.57. The highest BCUT2D eigenvalue weighted by Crippen LogP contribution is 2.30. The van der Waals surface area contributed by atoms with Crippen molar-refractivity contribution in [1.82, 2.24) is 15.2 Å². The van der Waals surface area contributed by atoms with Crippen molar-refractivity contribution in [3.63, 3.8) is 0 Å². The molecule has 2 N–H and O–H groups in total. The Hall–Kier alpha value is -2.61. The first-order chi connectivity index (χ1) is 12.3. The summed E-state index contributed by atoms with van der Waals surface area (Å²) in [5.41, 5.74) is 0.585. The van der Waals surface area contributed by atoms with Gasteiger partial charge in [0.2, 0.25) is 0 Å². The third-order valence-electron chi connectivity index (χ3n) is 3.56. The number of aromatic nitrogens is 1. The molecule has 2 aromatic rings. The Bertz CT molecular complexity index is 730. The van der Waals surface area contributed by atoms with Gasteiger partial charge in [-0.25, -0.2) is 0 Å². The number of nitrogens with one attached hydrogen (secondary N) is 2. The molecule has 0 unspecified atom stereocenters. The van der Waals surface area contributed by atoms with E-state index < -0.39 is 11.7 Å². The van der Waals surface area contributed by atoms with Gasteiger partial charge in [0.25, 0.3) is 5.91 Å². The van der Waals surface area contributed by atoms with Crippen molar-refractivity contribution in [2.75, 3.05) is 32.5 Å². The monoisotopic (exact) mass is 366 g/mol. The highest BCUT2D eigenvalue weighted by atomic mass is 19.4. The van der Waals surface area contributed by atoms with Gasteiger partial charge in [0.05, 0.1) is 5.56 Å². The molecule has 26 heavy (non-hydrogen) atoms. The lowest BCUT2D eigenvalue weighted by Crippen LogP contribution is -2.27. The fourth-order valence-electron chi connectivity index (χ4n) is 2.23. The number of anilines is 2. The van der Waals surface area contributed by atoms with E-state index in [2.05, 4.69) is 15.6 Å². The number of amides is 1. The topological polar surface area (TPSA) is 57.3 Å². The lowest BCUT2D eigenvalue weighted by atomic mass is 10.2. The largest absolute Gasteiger partial charge is 0.416 e. The molecule has 1 amide bonds. The second kappa shape index (κ2) is 8.66. The highest BCUT2D eigenvalue weighted by molar-refractivity contribution is 5.93. The normalized spacial score (nSPS) is 11.5. The fraction of sp³-hybridized carbons (Fsp3) is 0.333. The number of halogens is 3. The summed E-state index contributed by atoms with van der Waals surface area (Å²) in [5, 5.41) is 5.75. The van der Waals surface area contributed by atoms with Crippen LogP contribution in [0.15, 0.2) is 42.6 Å². The molecule has 1 aromatic carbocycles. The predicted octanol–water partition coefficient (Wildman–Crippen LogP) is 3.53. The maximum Gasteiger partial charge on any atom is 0.416 e. The molecule has 0 radical (unpaired) electrons. The van der Waals surface area contributed by atoms with Crippen LogP contribution < -0.4 is 10.6 Å². The first kappa shape index (κ1) is 19.7. The minimum Gasteiger partial charge on any atom is -0.355 e. The Morgan fingerprint density at radius 2 is 1.81 bits per heavy atom. The zero-order chi connectivity index (χ0) is 19.2. The van der Waals surface area contributed by atoms with Crippen molar-refractivity contribution in [1.29, 1.82) is 0 Å². The van der Waals surface area contributed by atoms with Gasteiger partial charge in [-0.1, -0.05) is 0 Å². The second-order valence-electron chi connectivity index (χ2n) is 6.04. The molecular weight excluding hydrogens is 345 g/mol. The van der Waals surface area contributed by atoms with Crippen LogP contribution in [-0.4, -0.2) is 43.0 Å². The molecule has 0 saturated heterocycles. The molecule has 140 valence electrons. The Balaban J connectivity index is 1.97. The zero-order valence-corrected chi connectivity index (χ0v) is 14.6. The third kappa shape index (κ3) is 6.03. The van der Waals surface area contributed by atoms with Gasteiger partial charge in [-0.15, -0.1) is 0 Å². The fourth-order valence-corrected chi connectivity index (χ4v) is 2.23. The van der Waals surface area contributed by atoms with Crippen LogP contribution in [0.2, 0.25) is 0 Å². The van der Waals surface area contributed by atoms with E-state index in [1.165, 1.54) is 18.3 Å². The van der Waals surface area contributed by atoms with Gasteiger partial charge in [0.15, 0.2) is 0 Å². The van der Waals surface area contributed by atoms with Crippen LogP contribution in [-0.2, 0) is 6.18 Å². The van der Waals surface area contributed by atoms with Crippen molar-refractivity contribution in [2.24, 2.45) is 0 Å². The van der Waals surface area contributed by atoms with E-state index in [4.69, 9.17) is 0 Å². The van der Waals surface area contributed by atoms with E-state index in [9.17, 15) is 18.0 Å². The van der Waals surface area contributed by atoms with Crippen molar-refractivity contribution in [3.05, 3.63) is 53.9 Å². The van der Waals surface area contributed by atoms with Crippen molar-refractivity contribution in [2.45, 2.75) is 12.6 Å². The van der Waals surface area contributed by atoms with E-state index in [1.807, 2.05) is 19.0 Å². The standard InChI is InChI=1S/C18H21F3N4O/c1-25(2)11-3-9-23-17(26)16-12-15(8-10-22-16)24-14-6-4-13(5-7-14)18(19,20)21/h4-8,10,12H,3,9,11H2,1-2H3,(H,22,24)(H,23,26). The number of alkyl halides is 3. The molecule has 5 nitrogen and oxygen atoms in total. The Morgan fingerprint density at radius 1 is 1.12 bits per heavy atom. The summed E-state index contributed by atoms with van der Waals surface area (Å²) in [5.74, 6) is -0.292. The summed E-state index contributed by atoms with van der Waals surface area (Å²) in [7, 11) is 3.92. The molecule has 0 saturated carbocycles. The molecule has 8 heteroatoms. The van der Waals surface area contributed by atoms with Crippen LogP contribution in [0.3, 0.4) is 0 Å². The summed E-state index contributed by atoms with van der Waals surface area (Å²) in [6.45, 7) is 1.40. The number of benzene rings is 1. The van der Waals surface area contributed by atoms with Crippen LogP contribution in [0.1, 0.15) is 22.5 Å². The van der Waals surface area contributed by atoms with Gasteiger partial charge in [-0.3, -0.25) is 9.78 Å². The molecule has 0 bridgehead atoms. The number of hydrogen-bond acceptors (Lipinski definition) is 4. The summed E-state index contributed by atoms with van der Waals surface area (Å²) >= 11 is 0. The van der Waals surface area contributed by atoms with E-state index in [0.29, 0.717) is 17.9 Å². The van der Waals surface area contributed by atoms with Crippen molar-refractivity contribution < 1.29 is 18.0 Å². The number of nitrogens with zero attached hydrogens (tertiary/aromatic N) is 2. The van der Waals surface area contributed by atoms with Crippen LogP contribution in [0, 0.1) is 0 Å². The van der Waals surface area contributed by atoms with Gasteiger partial charge in [0, 0.05) is 24.1 Å². The maximum absolute atomic E-state index is 12.6. The van der Waals surface area contributed by atoms with Crippen LogP contribution in [0.5, 0.6) is 0 Å². The smallest absolute Gasteiger partial charge is 0.355 e. The number of carbonyl (C=O) groups excluding carboxylic acids is 1. The number of rotatable bonds is 7. The number of pyridine rings is 1. The van der Waals surface area contributed by atoms with E-state index in [1.54, 1.807) is 12.1 Å². The van der Waals surface area contributed by atoms with Gasteiger partial charge in [-0.2, -0.15) is 13.2 Å². The van der Waals surface area contributed by atoms with Gasteiger partial charge in [0.1, 0.15) is 5.69 Å². The molecule has 2 rings (SSSR count). The minimum absolute atomic E-state index is 0.242. The maximum atomic E-state index is 12.6. The molecular formula is C18H21F3N4O. The quantitative estimate of drug-likeness (QED) is 0.736. The van der Waals surface area contributed by atoms with Gasteiger partial charge in [-0.05, 0) is 63.5 Å². The average molecular weight is 366 g/mol. The zero-order valence-electron chi connectivity index (χ0n) is 14.6. The molecule has 1 aromatic heterocycles. The lowest BCUT2D eigenvalue weighted by molar-refractivity contribution is -0.137. The van der Waals surface area contributed by atoms with E-state index in [-0.39, 0.29) is 11.6 Å². The minimum atomic E-state index is -4.37. The Labute approximate surface area is 150 Å². The summed E-state index contributed by atoms with van der Waals surface area (Å²) in [4.78, 5) is 18.2. The lowest BCUT2D eigenvalue weighted by Gasteiger charge is -2.11. The van der Waals surface area contributed by atoms with Crippen LogP contribution in [0.4, 0.5) is 24.5 Å². The molecule has 1 heterocycles. The molecule has 0 spiro atoms. The molecule has 0 aliphatic rings. The first-order valence-corrected chi connectivity index (χ1v) is 8.09. The summed E-state index contributed by atoms with van der Waals surface area (Å²) < 4.78 is 37.8. The van der Waals surface area contributed by atoms with Crippen molar-refractivity contribution >= 4 is 17.3 Å². The second-order valence-corrected chi connectivity index (χ2v) is 6.04. The molecule has 0 fully saturated rings. The van der Waals surface area contributed by atoms with Crippen LogP contribution in [0.25, 0.3) is 0 Å². The number of hydrogen-bond donors (Lipinski definition) is 2. The third-order valence-corrected chi connectivity index (χ3v) is 3.56. The Morgan fingerprint density at radius 3 is 2.42 bits per heavy atom. The first-order valence-electron chi connectivity index (χ1n) is 8.09. The van der Waals surface area contributed by atoms with Gasteiger partial charge >= 0.3 is 6.18 Å². The van der Waals surface area contributed by atoms with Crippen LogP contribution >= 0.6 is 0 Å². The average Bonchev–Trinajstić information content (AvgIpc) is 2.58. The molecule has 0 aliphatic heterocycles. The van der Waals surface area contributed by atoms with E-state index >= 15 is 0 Å². The number of carbonyl (C=O) groups is 1. The summed E-state index contributed by atoms with van der Waals surface area (Å²) in [6.07, 6.45) is -2.07.